The molecule has 0 aliphatic rings. The van der Waals surface area contributed by atoms with Gasteiger partial charge >= 0.3 is 0 Å². The lowest BCUT2D eigenvalue weighted by molar-refractivity contribution is -0.127. The number of ether oxygens (including phenoxy) is 2. The number of benzene rings is 1. The molecule has 1 aromatic rings. The molecule has 1 atom stereocenters. The van der Waals surface area contributed by atoms with Gasteiger partial charge in [-0.15, -0.1) is 0 Å². The van der Waals surface area contributed by atoms with Crippen molar-refractivity contribution in [3.05, 3.63) is 23.8 Å². The van der Waals surface area contributed by atoms with Crippen LogP contribution in [0.3, 0.4) is 0 Å². The molecule has 118 valence electrons. The summed E-state index contributed by atoms with van der Waals surface area (Å²) in [4.78, 5) is 11.8. The van der Waals surface area contributed by atoms with Gasteiger partial charge in [0.15, 0.2) is 17.6 Å². The first kappa shape index (κ1) is 17.3. The monoisotopic (exact) mass is 294 g/mol. The highest BCUT2D eigenvalue weighted by molar-refractivity contribution is 5.80. The molecule has 21 heavy (non-hydrogen) atoms. The standard InChI is InChI=1S/C16H26N2O3/c1-6-17-16(19)12(4)21-15-13(10-18-11(2)3)8-7-9-14(15)20-5/h7-9,11-12,18H,6,10H2,1-5H3,(H,17,19). The molecule has 5 heteroatoms. The summed E-state index contributed by atoms with van der Waals surface area (Å²) >= 11 is 0. The second kappa shape index (κ2) is 8.52. The highest BCUT2D eigenvalue weighted by Crippen LogP contribution is 2.32. The van der Waals surface area contributed by atoms with Crippen molar-refractivity contribution in [2.24, 2.45) is 0 Å². The van der Waals surface area contributed by atoms with Crippen LogP contribution in [0.15, 0.2) is 18.2 Å². The first-order valence-electron chi connectivity index (χ1n) is 7.33. The van der Waals surface area contributed by atoms with Gasteiger partial charge in [0.2, 0.25) is 0 Å². The summed E-state index contributed by atoms with van der Waals surface area (Å²) < 4.78 is 11.2. The van der Waals surface area contributed by atoms with E-state index in [1.165, 1.54) is 0 Å². The first-order valence-corrected chi connectivity index (χ1v) is 7.33. The maximum atomic E-state index is 11.8. The van der Waals surface area contributed by atoms with E-state index in [-0.39, 0.29) is 5.91 Å². The summed E-state index contributed by atoms with van der Waals surface area (Å²) in [6.07, 6.45) is -0.570. The molecule has 0 saturated heterocycles. The number of likely N-dealkylation sites (N-methyl/N-ethyl adjacent to an activating group) is 1. The van der Waals surface area contributed by atoms with E-state index in [9.17, 15) is 4.79 Å². The minimum atomic E-state index is -0.570. The minimum Gasteiger partial charge on any atom is -0.493 e. The number of amides is 1. The molecule has 0 saturated carbocycles. The van der Waals surface area contributed by atoms with E-state index < -0.39 is 6.10 Å². The average Bonchev–Trinajstić information content (AvgIpc) is 2.46. The quantitative estimate of drug-likeness (QED) is 0.771. The number of nitrogens with one attached hydrogen (secondary N) is 2. The van der Waals surface area contributed by atoms with Gasteiger partial charge in [-0.25, -0.2) is 0 Å². The number of rotatable bonds is 8. The Morgan fingerprint density at radius 2 is 2.00 bits per heavy atom. The number of hydrogen-bond donors (Lipinski definition) is 2. The van der Waals surface area contributed by atoms with Gasteiger partial charge in [-0.05, 0) is 19.9 Å². The Balaban J connectivity index is 2.93. The zero-order valence-electron chi connectivity index (χ0n) is 13.5. The molecule has 0 radical (unpaired) electrons. The van der Waals surface area contributed by atoms with Gasteiger partial charge < -0.3 is 20.1 Å². The Labute approximate surface area is 127 Å². The van der Waals surface area contributed by atoms with Gasteiger partial charge in [0, 0.05) is 24.7 Å². The normalized spacial score (nSPS) is 12.1. The zero-order chi connectivity index (χ0) is 15.8. The fourth-order valence-electron chi connectivity index (χ4n) is 1.86. The van der Waals surface area contributed by atoms with Gasteiger partial charge in [0.05, 0.1) is 7.11 Å². The summed E-state index contributed by atoms with van der Waals surface area (Å²) in [5, 5.41) is 6.10. The highest BCUT2D eigenvalue weighted by Gasteiger charge is 2.18. The molecular weight excluding hydrogens is 268 g/mol. The van der Waals surface area contributed by atoms with Gasteiger partial charge in [0.1, 0.15) is 0 Å². The van der Waals surface area contributed by atoms with Crippen LogP contribution in [-0.2, 0) is 11.3 Å². The average molecular weight is 294 g/mol. The van der Waals surface area contributed by atoms with Crippen molar-refractivity contribution in [2.45, 2.75) is 46.4 Å². The molecule has 0 bridgehead atoms. The van der Waals surface area contributed by atoms with Crippen LogP contribution in [0, 0.1) is 0 Å². The van der Waals surface area contributed by atoms with Gasteiger partial charge in [-0.2, -0.15) is 0 Å². The predicted octanol–water partition coefficient (Wildman–Crippen LogP) is 2.10. The Morgan fingerprint density at radius 1 is 1.29 bits per heavy atom. The van der Waals surface area contributed by atoms with Gasteiger partial charge in [-0.3, -0.25) is 4.79 Å². The molecule has 1 unspecified atom stereocenters. The summed E-state index contributed by atoms with van der Waals surface area (Å²) in [6, 6.07) is 6.08. The number of carbonyl (C=O) groups excluding carboxylic acids is 1. The third-order valence-corrected chi connectivity index (χ3v) is 3.00. The van der Waals surface area contributed by atoms with E-state index in [0.717, 1.165) is 5.56 Å². The smallest absolute Gasteiger partial charge is 0.260 e. The Kier molecular flexibility index (Phi) is 7.02. The number of para-hydroxylation sites is 1. The number of methoxy groups -OCH3 is 1. The molecule has 0 spiro atoms. The summed E-state index contributed by atoms with van der Waals surface area (Å²) in [7, 11) is 1.60. The van der Waals surface area contributed by atoms with Crippen molar-refractivity contribution in [3.8, 4) is 11.5 Å². The predicted molar refractivity (Wildman–Crippen MR) is 83.7 cm³/mol. The van der Waals surface area contributed by atoms with Gasteiger partial charge in [0.25, 0.3) is 5.91 Å². The Morgan fingerprint density at radius 3 is 2.57 bits per heavy atom. The van der Waals surface area contributed by atoms with Crippen LogP contribution in [0.2, 0.25) is 0 Å². The molecule has 0 heterocycles. The van der Waals surface area contributed by atoms with Crippen molar-refractivity contribution in [3.63, 3.8) is 0 Å². The van der Waals surface area contributed by atoms with Crippen molar-refractivity contribution >= 4 is 5.91 Å². The molecule has 1 rings (SSSR count). The SMILES string of the molecule is CCNC(=O)C(C)Oc1c(CNC(C)C)cccc1OC. The maximum absolute atomic E-state index is 11.8. The molecule has 1 aromatic carbocycles. The molecule has 0 aliphatic carbocycles. The van der Waals surface area contributed by atoms with Crippen LogP contribution >= 0.6 is 0 Å². The fraction of sp³-hybridized carbons (Fsp3) is 0.562. The minimum absolute atomic E-state index is 0.133. The molecule has 0 fully saturated rings. The van der Waals surface area contributed by atoms with Crippen molar-refractivity contribution in [2.75, 3.05) is 13.7 Å². The van der Waals surface area contributed by atoms with Crippen LogP contribution in [-0.4, -0.2) is 31.7 Å². The van der Waals surface area contributed by atoms with Crippen LogP contribution < -0.4 is 20.1 Å². The molecule has 2 N–H and O–H groups in total. The summed E-state index contributed by atoms with van der Waals surface area (Å²) in [5.41, 5.74) is 0.971. The van der Waals surface area contributed by atoms with Crippen molar-refractivity contribution < 1.29 is 14.3 Å². The van der Waals surface area contributed by atoms with Crippen LogP contribution in [0.1, 0.15) is 33.3 Å². The number of hydrogen-bond acceptors (Lipinski definition) is 4. The van der Waals surface area contributed by atoms with E-state index >= 15 is 0 Å². The van der Waals surface area contributed by atoms with Crippen molar-refractivity contribution in [1.82, 2.24) is 10.6 Å². The Hall–Kier alpha value is -1.75. The number of carbonyl (C=O) groups is 1. The lowest BCUT2D eigenvalue weighted by Gasteiger charge is -2.20. The fourth-order valence-corrected chi connectivity index (χ4v) is 1.86. The molecular formula is C16H26N2O3. The molecule has 1 amide bonds. The second-order valence-corrected chi connectivity index (χ2v) is 5.14. The molecule has 0 aliphatic heterocycles. The van der Waals surface area contributed by atoms with E-state index in [1.54, 1.807) is 14.0 Å². The van der Waals surface area contributed by atoms with E-state index in [1.807, 2.05) is 25.1 Å². The van der Waals surface area contributed by atoms with Crippen LogP contribution in [0.25, 0.3) is 0 Å². The topological polar surface area (TPSA) is 59.6 Å². The largest absolute Gasteiger partial charge is 0.493 e. The maximum Gasteiger partial charge on any atom is 0.260 e. The third kappa shape index (κ3) is 5.27. The Bertz CT molecular complexity index is 461. The lowest BCUT2D eigenvalue weighted by atomic mass is 10.1. The second-order valence-electron chi connectivity index (χ2n) is 5.14. The molecule has 0 aromatic heterocycles. The highest BCUT2D eigenvalue weighted by atomic mass is 16.5. The van der Waals surface area contributed by atoms with Gasteiger partial charge in [-0.1, -0.05) is 26.0 Å². The lowest BCUT2D eigenvalue weighted by Crippen LogP contribution is -2.36. The first-order chi connectivity index (χ1) is 9.99. The van der Waals surface area contributed by atoms with E-state index in [0.29, 0.717) is 30.6 Å². The summed E-state index contributed by atoms with van der Waals surface area (Å²) in [6.45, 7) is 9.02. The van der Waals surface area contributed by atoms with E-state index in [4.69, 9.17) is 9.47 Å². The zero-order valence-corrected chi connectivity index (χ0v) is 13.5. The van der Waals surface area contributed by atoms with Crippen LogP contribution in [0.4, 0.5) is 0 Å². The molecule has 5 nitrogen and oxygen atoms in total. The van der Waals surface area contributed by atoms with Crippen molar-refractivity contribution in [1.29, 1.82) is 0 Å². The van der Waals surface area contributed by atoms with E-state index in [2.05, 4.69) is 24.5 Å². The third-order valence-electron chi connectivity index (χ3n) is 3.00. The summed E-state index contributed by atoms with van der Waals surface area (Å²) in [5.74, 6) is 1.12. The van der Waals surface area contributed by atoms with Crippen LogP contribution in [0.5, 0.6) is 11.5 Å².